The van der Waals surface area contributed by atoms with Crippen LogP contribution in [0.5, 0.6) is 0 Å². The fourth-order valence-corrected chi connectivity index (χ4v) is 4.79. The molecule has 7 heteroatoms. The van der Waals surface area contributed by atoms with E-state index in [4.69, 9.17) is 10.1 Å². The fourth-order valence-electron chi connectivity index (χ4n) is 3.38. The van der Waals surface area contributed by atoms with Crippen molar-refractivity contribution in [2.24, 2.45) is 0 Å². The number of pyridine rings is 1. The number of aromatic nitrogens is 2. The first kappa shape index (κ1) is 18.8. The molecule has 0 bridgehead atoms. The van der Waals surface area contributed by atoms with Crippen LogP contribution in [-0.4, -0.2) is 38.8 Å². The van der Waals surface area contributed by atoms with Crippen LogP contribution < -0.4 is 4.90 Å². The number of carboxylic acids is 1. The first-order valence-electron chi connectivity index (χ1n) is 8.74. The summed E-state index contributed by atoms with van der Waals surface area (Å²) in [5, 5.41) is 20.5. The van der Waals surface area contributed by atoms with Gasteiger partial charge in [-0.25, -0.2) is 14.8 Å². The largest absolute Gasteiger partial charge is 0.478 e. The molecule has 1 atom stereocenters. The van der Waals surface area contributed by atoms with Gasteiger partial charge >= 0.3 is 5.97 Å². The summed E-state index contributed by atoms with van der Waals surface area (Å²) in [6.07, 6.45) is 1.63. The highest BCUT2D eigenvalue weighted by atomic mass is 32.1. The molecule has 2 aromatic rings. The van der Waals surface area contributed by atoms with Crippen molar-refractivity contribution in [2.45, 2.75) is 58.0 Å². The van der Waals surface area contributed by atoms with Crippen molar-refractivity contribution in [1.29, 1.82) is 0 Å². The predicted octanol–water partition coefficient (Wildman–Crippen LogP) is 3.71. The Morgan fingerprint density at radius 2 is 2.04 bits per heavy atom. The summed E-state index contributed by atoms with van der Waals surface area (Å²) in [7, 11) is 0. The maximum absolute atomic E-state index is 11.0. The van der Waals surface area contributed by atoms with Crippen LogP contribution in [-0.2, 0) is 10.8 Å². The van der Waals surface area contributed by atoms with Crippen LogP contribution in [0.25, 0.3) is 0 Å². The molecular formula is C19H25N3O3S. The molecule has 140 valence electrons. The van der Waals surface area contributed by atoms with Gasteiger partial charge in [0.25, 0.3) is 0 Å². The molecule has 0 aromatic carbocycles. The van der Waals surface area contributed by atoms with Gasteiger partial charge in [0.1, 0.15) is 5.82 Å². The topological polar surface area (TPSA) is 86.6 Å². The molecule has 0 radical (unpaired) electrons. The van der Waals surface area contributed by atoms with Crippen molar-refractivity contribution in [1.82, 2.24) is 9.97 Å². The Bertz CT molecular complexity index is 827. The minimum atomic E-state index is -0.991. The zero-order valence-corrected chi connectivity index (χ0v) is 16.6. The molecular weight excluding hydrogens is 350 g/mol. The number of hydrogen-bond donors (Lipinski definition) is 2. The van der Waals surface area contributed by atoms with Gasteiger partial charge in [-0.15, -0.1) is 11.3 Å². The second-order valence-electron chi connectivity index (χ2n) is 7.95. The van der Waals surface area contributed by atoms with Crippen molar-refractivity contribution in [3.05, 3.63) is 34.5 Å². The van der Waals surface area contributed by atoms with Gasteiger partial charge in [0.05, 0.1) is 17.4 Å². The SMILES string of the molecule is CCN(c1ccc(C(=O)O)cn1)c1nc2c(s1)C(C)(C)CC(O)C2(C)C. The molecule has 1 aliphatic rings. The molecule has 26 heavy (non-hydrogen) atoms. The zero-order valence-electron chi connectivity index (χ0n) is 15.8. The first-order valence-corrected chi connectivity index (χ1v) is 9.56. The summed E-state index contributed by atoms with van der Waals surface area (Å²) in [6.45, 7) is 11.0. The van der Waals surface area contributed by atoms with Crippen LogP contribution >= 0.6 is 11.3 Å². The van der Waals surface area contributed by atoms with E-state index in [2.05, 4.69) is 18.8 Å². The number of carboxylic acid groups (broad SMARTS) is 1. The van der Waals surface area contributed by atoms with E-state index >= 15 is 0 Å². The first-order chi connectivity index (χ1) is 12.1. The standard InChI is InChI=1S/C19H25N3O3S/c1-6-22(13-8-7-11(10-20-13)16(24)25)17-21-14-15(26-17)18(2,3)9-12(23)19(14,4)5/h7-8,10,12,23H,6,9H2,1-5H3,(H,24,25). The van der Waals surface area contributed by atoms with E-state index in [-0.39, 0.29) is 11.0 Å². The van der Waals surface area contributed by atoms with E-state index in [1.807, 2.05) is 25.7 Å². The van der Waals surface area contributed by atoms with Gasteiger partial charge in [-0.2, -0.15) is 0 Å². The Labute approximate surface area is 157 Å². The third-order valence-electron chi connectivity index (χ3n) is 5.20. The summed E-state index contributed by atoms with van der Waals surface area (Å²) in [6, 6.07) is 3.26. The van der Waals surface area contributed by atoms with Crippen LogP contribution in [0.2, 0.25) is 0 Å². The number of nitrogens with zero attached hydrogens (tertiary/aromatic N) is 3. The number of thiazole rings is 1. The van der Waals surface area contributed by atoms with Crippen molar-refractivity contribution < 1.29 is 15.0 Å². The lowest BCUT2D eigenvalue weighted by Crippen LogP contribution is -2.44. The average molecular weight is 375 g/mol. The Morgan fingerprint density at radius 1 is 1.35 bits per heavy atom. The molecule has 0 amide bonds. The number of aromatic carboxylic acids is 1. The Balaban J connectivity index is 2.05. The number of carbonyl (C=O) groups is 1. The number of aliphatic hydroxyl groups excluding tert-OH is 1. The predicted molar refractivity (Wildman–Crippen MR) is 103 cm³/mol. The molecule has 2 aromatic heterocycles. The van der Waals surface area contributed by atoms with Gasteiger partial charge < -0.3 is 15.1 Å². The molecule has 1 aliphatic carbocycles. The summed E-state index contributed by atoms with van der Waals surface area (Å²) in [5.41, 5.74) is 0.565. The van der Waals surface area contributed by atoms with E-state index < -0.39 is 17.5 Å². The monoisotopic (exact) mass is 375 g/mol. The molecule has 0 saturated heterocycles. The Hall–Kier alpha value is -1.99. The van der Waals surface area contributed by atoms with Crippen LogP contribution in [0.4, 0.5) is 10.9 Å². The van der Waals surface area contributed by atoms with Gasteiger partial charge in [-0.1, -0.05) is 27.7 Å². The maximum Gasteiger partial charge on any atom is 0.337 e. The van der Waals surface area contributed by atoms with Gasteiger partial charge in [0.2, 0.25) is 0 Å². The lowest BCUT2D eigenvalue weighted by Gasteiger charge is -2.41. The minimum Gasteiger partial charge on any atom is -0.478 e. The van der Waals surface area contributed by atoms with Crippen molar-refractivity contribution in [3.63, 3.8) is 0 Å². The lowest BCUT2D eigenvalue weighted by atomic mass is 9.67. The van der Waals surface area contributed by atoms with E-state index in [9.17, 15) is 9.90 Å². The van der Waals surface area contributed by atoms with E-state index in [1.165, 1.54) is 11.1 Å². The molecule has 0 fully saturated rings. The number of fused-ring (bicyclic) bond motifs is 1. The number of anilines is 2. The summed E-state index contributed by atoms with van der Waals surface area (Å²) in [5.74, 6) is -0.325. The second kappa shape index (κ2) is 6.32. The summed E-state index contributed by atoms with van der Waals surface area (Å²) < 4.78 is 0. The molecule has 0 spiro atoms. The van der Waals surface area contributed by atoms with Crippen LogP contribution in [0.3, 0.4) is 0 Å². The molecule has 0 saturated carbocycles. The molecule has 6 nitrogen and oxygen atoms in total. The van der Waals surface area contributed by atoms with E-state index in [0.29, 0.717) is 18.8 Å². The highest BCUT2D eigenvalue weighted by Crippen LogP contribution is 2.50. The van der Waals surface area contributed by atoms with Crippen molar-refractivity contribution in [2.75, 3.05) is 11.4 Å². The van der Waals surface area contributed by atoms with Gasteiger partial charge in [0, 0.05) is 28.4 Å². The third-order valence-corrected chi connectivity index (χ3v) is 6.64. The smallest absolute Gasteiger partial charge is 0.337 e. The average Bonchev–Trinajstić information content (AvgIpc) is 3.02. The van der Waals surface area contributed by atoms with Crippen molar-refractivity contribution in [3.8, 4) is 0 Å². The second-order valence-corrected chi connectivity index (χ2v) is 8.93. The zero-order chi connectivity index (χ0) is 19.3. The molecule has 2 N–H and O–H groups in total. The normalized spacial score (nSPS) is 20.5. The van der Waals surface area contributed by atoms with Gasteiger partial charge in [0.15, 0.2) is 5.13 Å². The van der Waals surface area contributed by atoms with E-state index in [1.54, 1.807) is 23.5 Å². The van der Waals surface area contributed by atoms with Gasteiger partial charge in [-0.05, 0) is 25.5 Å². The quantitative estimate of drug-likeness (QED) is 0.847. The molecule has 1 unspecified atom stereocenters. The summed E-state index contributed by atoms with van der Waals surface area (Å²) in [4.78, 5) is 23.4. The van der Waals surface area contributed by atoms with Crippen LogP contribution in [0, 0.1) is 0 Å². The number of rotatable bonds is 4. The minimum absolute atomic E-state index is 0.139. The highest BCUT2D eigenvalue weighted by Gasteiger charge is 2.46. The Kier molecular flexibility index (Phi) is 4.56. The van der Waals surface area contributed by atoms with Crippen LogP contribution in [0.1, 0.15) is 62.0 Å². The molecule has 3 rings (SSSR count). The van der Waals surface area contributed by atoms with Crippen LogP contribution in [0.15, 0.2) is 18.3 Å². The summed E-state index contributed by atoms with van der Waals surface area (Å²) >= 11 is 1.63. The molecule has 2 heterocycles. The van der Waals surface area contributed by atoms with E-state index in [0.717, 1.165) is 10.8 Å². The maximum atomic E-state index is 11.0. The highest BCUT2D eigenvalue weighted by molar-refractivity contribution is 7.16. The lowest BCUT2D eigenvalue weighted by molar-refractivity contribution is 0.0575. The van der Waals surface area contributed by atoms with Crippen molar-refractivity contribution >= 4 is 28.3 Å². The fraction of sp³-hybridized carbons (Fsp3) is 0.526. The Morgan fingerprint density at radius 3 is 2.58 bits per heavy atom. The number of aliphatic hydroxyl groups is 1. The third kappa shape index (κ3) is 2.99. The van der Waals surface area contributed by atoms with Gasteiger partial charge in [-0.3, -0.25) is 0 Å². The molecule has 0 aliphatic heterocycles. The number of hydrogen-bond acceptors (Lipinski definition) is 6.